The highest BCUT2D eigenvalue weighted by Crippen LogP contribution is 2.23. The highest BCUT2D eigenvalue weighted by molar-refractivity contribution is 4.82. The predicted octanol–water partition coefficient (Wildman–Crippen LogP) is 2.28. The van der Waals surface area contributed by atoms with Crippen LogP contribution in [0, 0.1) is 0 Å². The van der Waals surface area contributed by atoms with E-state index in [0.29, 0.717) is 6.04 Å². The molecule has 1 aliphatic carbocycles. The fraction of sp³-hybridized carbons (Fsp3) is 1.00. The molecule has 0 amide bonds. The maximum atomic E-state index is 5.53. The summed E-state index contributed by atoms with van der Waals surface area (Å²) in [6.07, 6.45) is 5.21. The third-order valence-corrected chi connectivity index (χ3v) is 4.16. The Kier molecular flexibility index (Phi) is 10.3. The number of hydrogen-bond acceptors (Lipinski definition) is 4. The normalized spacial score (nSPS) is 23.4. The van der Waals surface area contributed by atoms with Crippen LogP contribution >= 0.6 is 0 Å². The minimum Gasteiger partial charge on any atom is -0.380 e. The summed E-state index contributed by atoms with van der Waals surface area (Å²) in [5.41, 5.74) is 0. The maximum absolute atomic E-state index is 5.53. The van der Waals surface area contributed by atoms with Crippen LogP contribution in [0.15, 0.2) is 0 Å². The SMILES string of the molecule is CCNC1CCC(N(CCOCC)CCOCC)CC1. The average molecular weight is 286 g/mol. The third kappa shape index (κ3) is 7.02. The van der Waals surface area contributed by atoms with Gasteiger partial charge in [-0.1, -0.05) is 6.92 Å². The van der Waals surface area contributed by atoms with E-state index >= 15 is 0 Å². The zero-order valence-corrected chi connectivity index (χ0v) is 13.7. The number of nitrogens with one attached hydrogen (secondary N) is 1. The molecule has 0 heterocycles. The van der Waals surface area contributed by atoms with Crippen molar-refractivity contribution in [3.63, 3.8) is 0 Å². The van der Waals surface area contributed by atoms with E-state index in [1.165, 1.54) is 25.7 Å². The molecule has 1 saturated carbocycles. The lowest BCUT2D eigenvalue weighted by Crippen LogP contribution is -2.45. The number of nitrogens with zero attached hydrogens (tertiary/aromatic N) is 1. The van der Waals surface area contributed by atoms with Crippen molar-refractivity contribution in [1.29, 1.82) is 0 Å². The van der Waals surface area contributed by atoms with Crippen LogP contribution in [0.1, 0.15) is 46.5 Å². The summed E-state index contributed by atoms with van der Waals surface area (Å²) in [5.74, 6) is 0. The van der Waals surface area contributed by atoms with Gasteiger partial charge in [0.1, 0.15) is 0 Å². The molecule has 120 valence electrons. The smallest absolute Gasteiger partial charge is 0.0593 e. The Morgan fingerprint density at radius 1 is 0.900 bits per heavy atom. The Labute approximate surface area is 125 Å². The van der Waals surface area contributed by atoms with Crippen molar-refractivity contribution in [2.45, 2.75) is 58.5 Å². The second kappa shape index (κ2) is 11.5. The molecule has 1 rings (SSSR count). The van der Waals surface area contributed by atoms with Gasteiger partial charge in [-0.25, -0.2) is 0 Å². The van der Waals surface area contributed by atoms with E-state index in [1.807, 2.05) is 0 Å². The molecule has 0 aromatic rings. The van der Waals surface area contributed by atoms with Gasteiger partial charge in [0.2, 0.25) is 0 Å². The van der Waals surface area contributed by atoms with Crippen molar-refractivity contribution in [3.8, 4) is 0 Å². The van der Waals surface area contributed by atoms with Crippen LogP contribution in [-0.2, 0) is 9.47 Å². The van der Waals surface area contributed by atoms with E-state index in [2.05, 4.69) is 31.0 Å². The molecule has 0 saturated heterocycles. The van der Waals surface area contributed by atoms with Gasteiger partial charge in [-0.05, 0) is 46.1 Å². The lowest BCUT2D eigenvalue weighted by Gasteiger charge is -2.37. The Morgan fingerprint density at radius 3 is 1.90 bits per heavy atom. The number of ether oxygens (including phenoxy) is 2. The highest BCUT2D eigenvalue weighted by Gasteiger charge is 2.25. The van der Waals surface area contributed by atoms with Crippen LogP contribution in [0.4, 0.5) is 0 Å². The second-order valence-corrected chi connectivity index (χ2v) is 5.49. The molecule has 1 aliphatic rings. The molecule has 0 aliphatic heterocycles. The maximum Gasteiger partial charge on any atom is 0.0593 e. The summed E-state index contributed by atoms with van der Waals surface area (Å²) in [6.45, 7) is 12.8. The number of hydrogen-bond donors (Lipinski definition) is 1. The molecule has 1 N–H and O–H groups in total. The lowest BCUT2D eigenvalue weighted by atomic mass is 9.90. The molecule has 1 fully saturated rings. The van der Waals surface area contributed by atoms with Gasteiger partial charge in [0.05, 0.1) is 13.2 Å². The van der Waals surface area contributed by atoms with Gasteiger partial charge in [-0.15, -0.1) is 0 Å². The van der Waals surface area contributed by atoms with Crippen molar-refractivity contribution in [3.05, 3.63) is 0 Å². The monoisotopic (exact) mass is 286 g/mol. The largest absolute Gasteiger partial charge is 0.380 e. The van der Waals surface area contributed by atoms with E-state index in [4.69, 9.17) is 9.47 Å². The van der Waals surface area contributed by atoms with Crippen LogP contribution in [-0.4, -0.2) is 63.0 Å². The Balaban J connectivity index is 2.33. The van der Waals surface area contributed by atoms with E-state index in [-0.39, 0.29) is 0 Å². The first kappa shape index (κ1) is 17.9. The molecular formula is C16H34N2O2. The topological polar surface area (TPSA) is 33.7 Å². The lowest BCUT2D eigenvalue weighted by molar-refractivity contribution is 0.0503. The molecule has 0 aromatic carbocycles. The Morgan fingerprint density at radius 2 is 1.45 bits per heavy atom. The van der Waals surface area contributed by atoms with Gasteiger partial charge in [-0.2, -0.15) is 0 Å². The van der Waals surface area contributed by atoms with E-state index in [0.717, 1.165) is 52.1 Å². The van der Waals surface area contributed by atoms with Crippen LogP contribution in [0.25, 0.3) is 0 Å². The molecule has 0 radical (unpaired) electrons. The molecular weight excluding hydrogens is 252 g/mol. The first-order valence-electron chi connectivity index (χ1n) is 8.44. The van der Waals surface area contributed by atoms with Crippen molar-refractivity contribution < 1.29 is 9.47 Å². The zero-order valence-electron chi connectivity index (χ0n) is 13.7. The van der Waals surface area contributed by atoms with Crippen LogP contribution < -0.4 is 5.32 Å². The fourth-order valence-electron chi connectivity index (χ4n) is 3.06. The molecule has 20 heavy (non-hydrogen) atoms. The summed E-state index contributed by atoms with van der Waals surface area (Å²) in [5, 5.41) is 3.58. The molecule has 0 atom stereocenters. The Bertz CT molecular complexity index is 209. The van der Waals surface area contributed by atoms with Crippen LogP contribution in [0.3, 0.4) is 0 Å². The standard InChI is InChI=1S/C16H34N2O2/c1-4-17-15-7-9-16(10-8-15)18(11-13-19-5-2)12-14-20-6-3/h15-17H,4-14H2,1-3H3. The summed E-state index contributed by atoms with van der Waals surface area (Å²) in [7, 11) is 0. The molecule has 4 heteroatoms. The minimum atomic E-state index is 0.714. The van der Waals surface area contributed by atoms with Gasteiger partial charge in [-0.3, -0.25) is 4.90 Å². The predicted molar refractivity (Wildman–Crippen MR) is 84.3 cm³/mol. The molecule has 0 unspecified atom stereocenters. The van der Waals surface area contributed by atoms with E-state index in [9.17, 15) is 0 Å². The second-order valence-electron chi connectivity index (χ2n) is 5.49. The molecule has 4 nitrogen and oxygen atoms in total. The van der Waals surface area contributed by atoms with Gasteiger partial charge in [0.25, 0.3) is 0 Å². The quantitative estimate of drug-likeness (QED) is 0.591. The van der Waals surface area contributed by atoms with Gasteiger partial charge >= 0.3 is 0 Å². The van der Waals surface area contributed by atoms with E-state index in [1.54, 1.807) is 0 Å². The van der Waals surface area contributed by atoms with Crippen molar-refractivity contribution >= 4 is 0 Å². The molecule has 0 aromatic heterocycles. The highest BCUT2D eigenvalue weighted by atomic mass is 16.5. The summed E-state index contributed by atoms with van der Waals surface area (Å²) in [6, 6.07) is 1.45. The van der Waals surface area contributed by atoms with Gasteiger partial charge in [0, 0.05) is 38.4 Å². The first-order valence-corrected chi connectivity index (χ1v) is 8.44. The van der Waals surface area contributed by atoms with E-state index < -0.39 is 0 Å². The summed E-state index contributed by atoms with van der Waals surface area (Å²) < 4.78 is 11.1. The van der Waals surface area contributed by atoms with Crippen LogP contribution in [0.5, 0.6) is 0 Å². The Hall–Kier alpha value is -0.160. The van der Waals surface area contributed by atoms with Crippen molar-refractivity contribution in [2.75, 3.05) is 46.1 Å². The average Bonchev–Trinajstić information content (AvgIpc) is 2.47. The zero-order chi connectivity index (χ0) is 14.6. The molecule has 0 bridgehead atoms. The van der Waals surface area contributed by atoms with Gasteiger partial charge < -0.3 is 14.8 Å². The van der Waals surface area contributed by atoms with Crippen molar-refractivity contribution in [1.82, 2.24) is 10.2 Å². The minimum absolute atomic E-state index is 0.714. The summed E-state index contributed by atoms with van der Waals surface area (Å²) >= 11 is 0. The van der Waals surface area contributed by atoms with Gasteiger partial charge in [0.15, 0.2) is 0 Å². The first-order chi connectivity index (χ1) is 9.81. The fourth-order valence-corrected chi connectivity index (χ4v) is 3.06. The number of rotatable bonds is 11. The third-order valence-electron chi connectivity index (χ3n) is 4.16. The van der Waals surface area contributed by atoms with Crippen LogP contribution in [0.2, 0.25) is 0 Å². The van der Waals surface area contributed by atoms with Crippen molar-refractivity contribution in [2.24, 2.45) is 0 Å². The molecule has 0 spiro atoms. The summed E-state index contributed by atoms with van der Waals surface area (Å²) in [4.78, 5) is 2.58.